The number of rotatable bonds is 6. The molecule has 2 spiro atoms. The number of piperidine rings is 1. The molecule has 2 aromatic heterocycles. The molecule has 11 heteroatoms. The molecule has 200 valence electrons. The lowest BCUT2D eigenvalue weighted by Gasteiger charge is -2.46. The Labute approximate surface area is 226 Å². The topological polar surface area (TPSA) is 121 Å². The third-order valence-corrected chi connectivity index (χ3v) is 10.3. The third kappa shape index (κ3) is 4.49. The molecule has 0 aromatic carbocycles. The summed E-state index contributed by atoms with van der Waals surface area (Å²) in [7, 11) is 0. The van der Waals surface area contributed by atoms with Gasteiger partial charge in [-0.3, -0.25) is 0 Å². The number of nitrogens with two attached hydrogens (primary N) is 1. The molecule has 4 aliphatic rings. The highest BCUT2D eigenvalue weighted by atomic mass is 35.5. The lowest BCUT2D eigenvalue weighted by molar-refractivity contribution is 0.00438. The molecule has 5 heterocycles. The maximum atomic E-state index is 10.2. The molecule has 0 bridgehead atoms. The summed E-state index contributed by atoms with van der Waals surface area (Å²) in [5, 5.41) is 21.6. The fourth-order valence-corrected chi connectivity index (χ4v) is 7.11. The maximum absolute atomic E-state index is 10.2. The summed E-state index contributed by atoms with van der Waals surface area (Å²) in [6, 6.07) is 1.97. The van der Waals surface area contributed by atoms with Gasteiger partial charge in [-0.15, -0.1) is 0 Å². The smallest absolute Gasteiger partial charge is 0.152 e. The second kappa shape index (κ2) is 9.20. The van der Waals surface area contributed by atoms with E-state index >= 15 is 0 Å². The van der Waals surface area contributed by atoms with Crippen LogP contribution in [0.1, 0.15) is 45.2 Å². The van der Waals surface area contributed by atoms with Gasteiger partial charge in [-0.1, -0.05) is 23.4 Å². The second-order valence-electron chi connectivity index (χ2n) is 11.6. The first kappa shape index (κ1) is 25.6. The Morgan fingerprint density at radius 2 is 1.89 bits per heavy atom. The van der Waals surface area contributed by atoms with E-state index in [4.69, 9.17) is 32.0 Å². The van der Waals surface area contributed by atoms with Crippen LogP contribution in [-0.4, -0.2) is 75.2 Å². The summed E-state index contributed by atoms with van der Waals surface area (Å²) in [5.74, 6) is 1.63. The van der Waals surface area contributed by atoms with Crippen LogP contribution in [0.2, 0.25) is 5.02 Å². The molecule has 2 aromatic rings. The highest BCUT2D eigenvalue weighted by Crippen LogP contribution is 2.56. The van der Waals surface area contributed by atoms with Gasteiger partial charge >= 0.3 is 0 Å². The van der Waals surface area contributed by atoms with E-state index in [1.807, 2.05) is 19.9 Å². The summed E-state index contributed by atoms with van der Waals surface area (Å²) in [6.45, 7) is 7.30. The number of pyridine rings is 1. The number of aliphatic hydroxyl groups excluding tert-OH is 1. The van der Waals surface area contributed by atoms with Crippen LogP contribution in [0.25, 0.3) is 0 Å². The zero-order chi connectivity index (χ0) is 26.0. The Balaban J connectivity index is 1.14. The van der Waals surface area contributed by atoms with Crippen LogP contribution in [0.4, 0.5) is 11.6 Å². The van der Waals surface area contributed by atoms with Crippen LogP contribution in [-0.2, 0) is 11.3 Å². The van der Waals surface area contributed by atoms with Crippen molar-refractivity contribution in [3.05, 3.63) is 29.2 Å². The second-order valence-corrected chi connectivity index (χ2v) is 13.1. The van der Waals surface area contributed by atoms with Gasteiger partial charge in [0.2, 0.25) is 0 Å². The fraction of sp³-hybridized carbons (Fsp3) is 0.654. The first-order valence-corrected chi connectivity index (χ1v) is 14.2. The van der Waals surface area contributed by atoms with Gasteiger partial charge in [-0.25, -0.2) is 15.0 Å². The van der Waals surface area contributed by atoms with E-state index in [0.717, 1.165) is 56.1 Å². The number of hydrogen-bond donors (Lipinski definition) is 3. The van der Waals surface area contributed by atoms with Gasteiger partial charge in [-0.05, 0) is 45.6 Å². The van der Waals surface area contributed by atoms with Gasteiger partial charge in [0.25, 0.3) is 0 Å². The molecule has 0 unspecified atom stereocenters. The molecule has 4 fully saturated rings. The van der Waals surface area contributed by atoms with Crippen molar-refractivity contribution >= 4 is 35.0 Å². The van der Waals surface area contributed by atoms with E-state index < -0.39 is 5.60 Å². The predicted molar refractivity (Wildman–Crippen MR) is 143 cm³/mol. The van der Waals surface area contributed by atoms with E-state index in [1.165, 1.54) is 11.8 Å². The van der Waals surface area contributed by atoms with Gasteiger partial charge in [0, 0.05) is 54.6 Å². The average Bonchev–Trinajstić information content (AvgIpc) is 3.59. The predicted octanol–water partition coefficient (Wildman–Crippen LogP) is 2.85. The van der Waals surface area contributed by atoms with Crippen molar-refractivity contribution in [1.82, 2.24) is 15.0 Å². The van der Waals surface area contributed by atoms with E-state index in [2.05, 4.69) is 14.8 Å². The zero-order valence-corrected chi connectivity index (χ0v) is 22.9. The number of nitrogens with zero attached hydrogens (tertiary/aromatic N) is 5. The minimum atomic E-state index is -0.724. The van der Waals surface area contributed by atoms with Crippen LogP contribution in [0.15, 0.2) is 28.4 Å². The summed E-state index contributed by atoms with van der Waals surface area (Å²) in [6.07, 6.45) is 7.57. The van der Waals surface area contributed by atoms with Gasteiger partial charge in [0.15, 0.2) is 5.82 Å². The molecular formula is C26H35ClN6O3S. The SMILES string of the molecule is CC(C)(O)C1CN(c2nccc(Sc3cnc(N4CCC5(CC4)COC4(CC4)[C@H]5N)c(CO)n3)c2Cl)C1. The summed E-state index contributed by atoms with van der Waals surface area (Å²) in [4.78, 5) is 19.0. The first-order valence-electron chi connectivity index (χ1n) is 13.1. The van der Waals surface area contributed by atoms with E-state index in [0.29, 0.717) is 34.6 Å². The molecule has 4 N–H and O–H groups in total. The lowest BCUT2D eigenvalue weighted by atomic mass is 9.72. The highest BCUT2D eigenvalue weighted by molar-refractivity contribution is 7.99. The van der Waals surface area contributed by atoms with Crippen molar-refractivity contribution in [3.8, 4) is 0 Å². The summed E-state index contributed by atoms with van der Waals surface area (Å²) in [5.41, 5.74) is 6.49. The quantitative estimate of drug-likeness (QED) is 0.498. The number of hydrogen-bond acceptors (Lipinski definition) is 10. The number of anilines is 2. The maximum Gasteiger partial charge on any atom is 0.152 e. The monoisotopic (exact) mass is 546 g/mol. The molecule has 0 radical (unpaired) electrons. The van der Waals surface area contributed by atoms with Crippen molar-refractivity contribution in [2.75, 3.05) is 42.6 Å². The standard InChI is InChI=1S/C26H35ClN6O3S/c1-24(2,35)16-12-33(13-16)22-20(27)18(3-8-29-22)37-19-11-30-21(17(14-34)31-19)32-9-6-25(7-10-32)15-36-26(4-5-26)23(25)28/h3,8,11,16,23,34-35H,4-7,9-10,12-15,28H2,1-2H3/t23-/m0/s1. The average molecular weight is 547 g/mol. The van der Waals surface area contributed by atoms with Crippen LogP contribution >= 0.6 is 23.4 Å². The molecule has 6 rings (SSSR count). The van der Waals surface area contributed by atoms with Crippen molar-refractivity contribution < 1.29 is 14.9 Å². The van der Waals surface area contributed by atoms with Gasteiger partial charge in [0.05, 0.1) is 35.6 Å². The molecule has 37 heavy (non-hydrogen) atoms. The molecule has 1 atom stereocenters. The van der Waals surface area contributed by atoms with Crippen molar-refractivity contribution in [1.29, 1.82) is 0 Å². The molecule has 9 nitrogen and oxygen atoms in total. The lowest BCUT2D eigenvalue weighted by Crippen LogP contribution is -2.56. The Morgan fingerprint density at radius 3 is 2.51 bits per heavy atom. The molecule has 1 saturated carbocycles. The van der Waals surface area contributed by atoms with Crippen molar-refractivity contribution in [2.45, 2.75) is 73.3 Å². The van der Waals surface area contributed by atoms with E-state index in [-0.39, 0.29) is 29.6 Å². The molecule has 3 aliphatic heterocycles. The summed E-state index contributed by atoms with van der Waals surface area (Å²) >= 11 is 8.15. The van der Waals surface area contributed by atoms with Crippen LogP contribution in [0.5, 0.6) is 0 Å². The van der Waals surface area contributed by atoms with Crippen LogP contribution in [0, 0.1) is 11.3 Å². The Kier molecular flexibility index (Phi) is 6.36. The molecular weight excluding hydrogens is 512 g/mol. The molecule has 3 saturated heterocycles. The van der Waals surface area contributed by atoms with Crippen molar-refractivity contribution in [2.24, 2.45) is 17.1 Å². The Morgan fingerprint density at radius 1 is 1.16 bits per heavy atom. The molecule has 1 aliphatic carbocycles. The Hall–Kier alpha value is -1.69. The number of ether oxygens (including phenoxy) is 1. The van der Waals surface area contributed by atoms with Crippen LogP contribution < -0.4 is 15.5 Å². The number of aliphatic hydroxyl groups is 2. The number of aromatic nitrogens is 3. The molecule has 0 amide bonds. The Bertz CT molecular complexity index is 1180. The van der Waals surface area contributed by atoms with E-state index in [9.17, 15) is 10.2 Å². The zero-order valence-electron chi connectivity index (χ0n) is 21.4. The minimum absolute atomic E-state index is 0.0504. The minimum Gasteiger partial charge on any atom is -0.390 e. The third-order valence-electron chi connectivity index (χ3n) is 8.86. The van der Waals surface area contributed by atoms with Gasteiger partial charge in [0.1, 0.15) is 16.5 Å². The van der Waals surface area contributed by atoms with Crippen LogP contribution in [0.3, 0.4) is 0 Å². The van der Waals surface area contributed by atoms with Gasteiger partial charge in [-0.2, -0.15) is 0 Å². The summed E-state index contributed by atoms with van der Waals surface area (Å²) < 4.78 is 6.14. The largest absolute Gasteiger partial charge is 0.390 e. The number of halogens is 1. The first-order chi connectivity index (χ1) is 17.6. The fourth-order valence-electron chi connectivity index (χ4n) is 5.97. The van der Waals surface area contributed by atoms with E-state index in [1.54, 1.807) is 12.4 Å². The highest BCUT2D eigenvalue weighted by Gasteiger charge is 2.63. The van der Waals surface area contributed by atoms with Gasteiger partial charge < -0.3 is 30.5 Å². The van der Waals surface area contributed by atoms with Crippen molar-refractivity contribution in [3.63, 3.8) is 0 Å². The normalized spacial score (nSPS) is 24.6.